The number of nitrogens with zero attached hydrogens (tertiary/aromatic N) is 1. The highest BCUT2D eigenvalue weighted by Crippen LogP contribution is 2.20. The number of hydrogen-bond acceptors (Lipinski definition) is 3. The van der Waals surface area contributed by atoms with E-state index in [-0.39, 0.29) is 24.3 Å². The lowest BCUT2D eigenvalue weighted by Crippen LogP contribution is -2.40. The van der Waals surface area contributed by atoms with Crippen molar-refractivity contribution >= 4 is 33.4 Å². The molecule has 2 N–H and O–H groups in total. The predicted octanol–water partition coefficient (Wildman–Crippen LogP) is 3.55. The molecule has 1 aliphatic heterocycles. The van der Waals surface area contributed by atoms with Crippen molar-refractivity contribution in [2.75, 3.05) is 25.0 Å². The Hall–Kier alpha value is -2.18. The minimum atomic E-state index is -0.228. The van der Waals surface area contributed by atoms with E-state index in [0.29, 0.717) is 29.9 Å². The number of anilines is 1. The SMILES string of the molecule is O=C(Nc1cccc(C(=O)N2CCCC(CO)C2)c1)c1cccc(Br)c1. The minimum absolute atomic E-state index is 0.0679. The smallest absolute Gasteiger partial charge is 0.255 e. The number of carbonyl (C=O) groups is 2. The number of hydrogen-bond donors (Lipinski definition) is 2. The number of benzene rings is 2. The fourth-order valence-corrected chi connectivity index (χ4v) is 3.54. The van der Waals surface area contributed by atoms with Crippen LogP contribution in [0.25, 0.3) is 0 Å². The third-order valence-corrected chi connectivity index (χ3v) is 5.01. The number of aliphatic hydroxyl groups is 1. The van der Waals surface area contributed by atoms with Gasteiger partial charge in [0.1, 0.15) is 0 Å². The Morgan fingerprint density at radius 3 is 2.69 bits per heavy atom. The normalized spacial score (nSPS) is 17.0. The third-order valence-electron chi connectivity index (χ3n) is 4.52. The van der Waals surface area contributed by atoms with E-state index in [4.69, 9.17) is 0 Å². The molecule has 26 heavy (non-hydrogen) atoms. The molecule has 5 nitrogen and oxygen atoms in total. The molecule has 0 saturated carbocycles. The molecule has 1 saturated heterocycles. The van der Waals surface area contributed by atoms with E-state index in [1.165, 1.54) is 0 Å². The summed E-state index contributed by atoms with van der Waals surface area (Å²) in [6, 6.07) is 14.1. The first-order valence-electron chi connectivity index (χ1n) is 8.64. The van der Waals surface area contributed by atoms with Gasteiger partial charge < -0.3 is 15.3 Å². The lowest BCUT2D eigenvalue weighted by Gasteiger charge is -2.32. The molecular formula is C20H21BrN2O3. The van der Waals surface area contributed by atoms with Gasteiger partial charge in [0.2, 0.25) is 0 Å². The Morgan fingerprint density at radius 2 is 1.92 bits per heavy atom. The summed E-state index contributed by atoms with van der Waals surface area (Å²) in [7, 11) is 0. The molecule has 3 rings (SSSR count). The van der Waals surface area contributed by atoms with Gasteiger partial charge in [-0.2, -0.15) is 0 Å². The zero-order valence-corrected chi connectivity index (χ0v) is 15.9. The minimum Gasteiger partial charge on any atom is -0.396 e. The molecule has 1 heterocycles. The highest BCUT2D eigenvalue weighted by Gasteiger charge is 2.24. The second kappa shape index (κ2) is 8.47. The molecular weight excluding hydrogens is 396 g/mol. The molecule has 0 spiro atoms. The Kier molecular flexibility index (Phi) is 6.06. The highest BCUT2D eigenvalue weighted by atomic mass is 79.9. The molecule has 2 aromatic rings. The van der Waals surface area contributed by atoms with Gasteiger partial charge in [0.05, 0.1) is 0 Å². The number of aliphatic hydroxyl groups excluding tert-OH is 1. The van der Waals surface area contributed by atoms with Crippen molar-refractivity contribution in [3.8, 4) is 0 Å². The Labute approximate surface area is 161 Å². The van der Waals surface area contributed by atoms with Crippen molar-refractivity contribution < 1.29 is 14.7 Å². The van der Waals surface area contributed by atoms with E-state index in [0.717, 1.165) is 17.3 Å². The summed E-state index contributed by atoms with van der Waals surface area (Å²) in [6.45, 7) is 1.38. The van der Waals surface area contributed by atoms with Crippen molar-refractivity contribution in [3.63, 3.8) is 0 Å². The zero-order chi connectivity index (χ0) is 18.5. The number of rotatable bonds is 4. The summed E-state index contributed by atoms with van der Waals surface area (Å²) in [5.41, 5.74) is 1.66. The van der Waals surface area contributed by atoms with E-state index in [2.05, 4.69) is 21.2 Å². The summed E-state index contributed by atoms with van der Waals surface area (Å²) in [6.07, 6.45) is 1.85. The van der Waals surface area contributed by atoms with E-state index < -0.39 is 0 Å². The number of likely N-dealkylation sites (tertiary alicyclic amines) is 1. The number of carbonyl (C=O) groups excluding carboxylic acids is 2. The monoisotopic (exact) mass is 416 g/mol. The molecule has 0 aromatic heterocycles. The maximum atomic E-state index is 12.7. The maximum absolute atomic E-state index is 12.7. The van der Waals surface area contributed by atoms with E-state index in [9.17, 15) is 14.7 Å². The van der Waals surface area contributed by atoms with Crippen LogP contribution in [0.4, 0.5) is 5.69 Å². The van der Waals surface area contributed by atoms with Crippen LogP contribution in [-0.2, 0) is 0 Å². The molecule has 0 radical (unpaired) electrons. The second-order valence-electron chi connectivity index (χ2n) is 6.49. The Morgan fingerprint density at radius 1 is 1.15 bits per heavy atom. The summed E-state index contributed by atoms with van der Waals surface area (Å²) < 4.78 is 0.831. The van der Waals surface area contributed by atoms with Gasteiger partial charge in [-0.05, 0) is 55.2 Å². The maximum Gasteiger partial charge on any atom is 0.255 e. The molecule has 0 aliphatic carbocycles. The van der Waals surface area contributed by atoms with Gasteiger partial charge in [-0.25, -0.2) is 0 Å². The van der Waals surface area contributed by atoms with Gasteiger partial charge in [-0.3, -0.25) is 9.59 Å². The van der Waals surface area contributed by atoms with Crippen LogP contribution >= 0.6 is 15.9 Å². The number of nitrogens with one attached hydrogen (secondary N) is 1. The molecule has 0 bridgehead atoms. The first-order valence-corrected chi connectivity index (χ1v) is 9.43. The predicted molar refractivity (Wildman–Crippen MR) is 104 cm³/mol. The van der Waals surface area contributed by atoms with Crippen molar-refractivity contribution in [2.45, 2.75) is 12.8 Å². The van der Waals surface area contributed by atoms with Crippen LogP contribution in [0.1, 0.15) is 33.6 Å². The second-order valence-corrected chi connectivity index (χ2v) is 7.40. The lowest BCUT2D eigenvalue weighted by atomic mass is 9.98. The molecule has 2 aromatic carbocycles. The Balaban J connectivity index is 1.71. The lowest BCUT2D eigenvalue weighted by molar-refractivity contribution is 0.0620. The van der Waals surface area contributed by atoms with Crippen LogP contribution < -0.4 is 5.32 Å². The van der Waals surface area contributed by atoms with Crippen LogP contribution in [0.5, 0.6) is 0 Å². The standard InChI is InChI=1S/C20H21BrN2O3/c21-17-7-1-5-15(10-17)19(25)22-18-8-2-6-16(11-18)20(26)23-9-3-4-14(12-23)13-24/h1-2,5-8,10-11,14,24H,3-4,9,12-13H2,(H,22,25). The van der Waals surface area contributed by atoms with Crippen molar-refractivity contribution in [3.05, 3.63) is 64.1 Å². The van der Waals surface area contributed by atoms with Crippen molar-refractivity contribution in [1.29, 1.82) is 0 Å². The first-order chi connectivity index (χ1) is 12.6. The number of amides is 2. The summed E-state index contributed by atoms with van der Waals surface area (Å²) in [4.78, 5) is 26.9. The zero-order valence-electron chi connectivity index (χ0n) is 14.3. The first kappa shape index (κ1) is 18.6. The van der Waals surface area contributed by atoms with Gasteiger partial charge in [0.15, 0.2) is 0 Å². The number of piperidine rings is 1. The summed E-state index contributed by atoms with van der Waals surface area (Å²) in [5.74, 6) is -0.150. The molecule has 1 unspecified atom stereocenters. The van der Waals surface area contributed by atoms with Gasteiger partial charge in [-0.15, -0.1) is 0 Å². The summed E-state index contributed by atoms with van der Waals surface area (Å²) >= 11 is 3.35. The molecule has 136 valence electrons. The van der Waals surface area contributed by atoms with Gasteiger partial charge in [0, 0.05) is 41.0 Å². The molecule has 1 aliphatic rings. The van der Waals surface area contributed by atoms with Crippen molar-refractivity contribution in [1.82, 2.24) is 4.90 Å². The Bertz CT molecular complexity index is 809. The fraction of sp³-hybridized carbons (Fsp3) is 0.300. The topological polar surface area (TPSA) is 69.6 Å². The van der Waals surface area contributed by atoms with Gasteiger partial charge in [-0.1, -0.05) is 28.1 Å². The average molecular weight is 417 g/mol. The molecule has 2 amide bonds. The molecule has 1 atom stereocenters. The van der Waals surface area contributed by atoms with Crippen LogP contribution in [-0.4, -0.2) is 41.5 Å². The van der Waals surface area contributed by atoms with Crippen molar-refractivity contribution in [2.24, 2.45) is 5.92 Å². The third kappa shape index (κ3) is 4.51. The van der Waals surface area contributed by atoms with E-state index >= 15 is 0 Å². The quantitative estimate of drug-likeness (QED) is 0.800. The fourth-order valence-electron chi connectivity index (χ4n) is 3.14. The highest BCUT2D eigenvalue weighted by molar-refractivity contribution is 9.10. The average Bonchev–Trinajstić information content (AvgIpc) is 2.67. The van der Waals surface area contributed by atoms with E-state index in [1.807, 2.05) is 6.07 Å². The van der Waals surface area contributed by atoms with Crippen LogP contribution in [0, 0.1) is 5.92 Å². The molecule has 1 fully saturated rings. The van der Waals surface area contributed by atoms with E-state index in [1.54, 1.807) is 47.4 Å². The van der Waals surface area contributed by atoms with Crippen LogP contribution in [0.3, 0.4) is 0 Å². The largest absolute Gasteiger partial charge is 0.396 e. The summed E-state index contributed by atoms with van der Waals surface area (Å²) in [5, 5.41) is 12.2. The molecule has 6 heteroatoms. The van der Waals surface area contributed by atoms with Crippen LogP contribution in [0.15, 0.2) is 53.0 Å². The van der Waals surface area contributed by atoms with Gasteiger partial charge >= 0.3 is 0 Å². The van der Waals surface area contributed by atoms with Gasteiger partial charge in [0.25, 0.3) is 11.8 Å². The number of halogens is 1. The van der Waals surface area contributed by atoms with Crippen LogP contribution in [0.2, 0.25) is 0 Å².